The van der Waals surface area contributed by atoms with Crippen molar-refractivity contribution >= 4 is 21.3 Å². The van der Waals surface area contributed by atoms with E-state index in [0.717, 1.165) is 12.3 Å². The van der Waals surface area contributed by atoms with Crippen molar-refractivity contribution in [3.63, 3.8) is 0 Å². The van der Waals surface area contributed by atoms with Crippen molar-refractivity contribution in [2.45, 2.75) is 49.3 Å². The number of morpholine rings is 1. The van der Waals surface area contributed by atoms with Crippen molar-refractivity contribution in [3.8, 4) is 5.88 Å². The van der Waals surface area contributed by atoms with E-state index in [1.807, 2.05) is 23.1 Å². The fraction of sp³-hybridized carbons (Fsp3) is 0.385. The minimum atomic E-state index is -3.53. The van der Waals surface area contributed by atoms with E-state index in [9.17, 15) is 12.8 Å². The fourth-order valence-electron chi connectivity index (χ4n) is 4.60. The van der Waals surface area contributed by atoms with Crippen molar-refractivity contribution in [1.82, 2.24) is 14.9 Å². The summed E-state index contributed by atoms with van der Waals surface area (Å²) in [6, 6.07) is 12.4. The Morgan fingerprint density at radius 1 is 1.17 bits per heavy atom. The Morgan fingerprint density at radius 3 is 2.56 bits per heavy atom. The van der Waals surface area contributed by atoms with Gasteiger partial charge in [-0.1, -0.05) is 30.3 Å². The second-order valence-electron chi connectivity index (χ2n) is 9.13. The molecule has 1 aromatic heterocycles. The first kappa shape index (κ1) is 22.1. The summed E-state index contributed by atoms with van der Waals surface area (Å²) in [5.41, 5.74) is 1.26. The summed E-state index contributed by atoms with van der Waals surface area (Å²) in [6.07, 6.45) is 3.23. The van der Waals surface area contributed by atoms with E-state index in [4.69, 9.17) is 12.2 Å². The maximum atomic E-state index is 14.6. The molecule has 0 aliphatic carbocycles. The summed E-state index contributed by atoms with van der Waals surface area (Å²) in [4.78, 5) is 10.3. The van der Waals surface area contributed by atoms with Gasteiger partial charge in [0, 0.05) is 40.4 Å². The lowest BCUT2D eigenvalue weighted by Crippen LogP contribution is -2.58. The average molecular weight is 515 g/mol. The normalized spacial score (nSPS) is 23.5. The van der Waals surface area contributed by atoms with Crippen molar-refractivity contribution in [1.29, 1.82) is 0 Å². The Hall–Kier alpha value is -3.08. The third kappa shape index (κ3) is 5.35. The zero-order valence-corrected chi connectivity index (χ0v) is 20.8. The highest BCUT2D eigenvalue weighted by Crippen LogP contribution is 2.33. The van der Waals surface area contributed by atoms with E-state index in [0.29, 0.717) is 48.9 Å². The number of piperidine rings is 1. The van der Waals surface area contributed by atoms with Crippen LogP contribution >= 0.6 is 0 Å². The largest absolute Gasteiger partial charge is 0.474 e. The molecule has 2 fully saturated rings. The first-order chi connectivity index (χ1) is 18.0. The van der Waals surface area contributed by atoms with E-state index in [1.165, 1.54) is 18.5 Å². The van der Waals surface area contributed by atoms with Gasteiger partial charge in [-0.15, -0.1) is 0 Å². The molecule has 2 saturated heterocycles. The van der Waals surface area contributed by atoms with Crippen LogP contribution in [0.3, 0.4) is 0 Å². The van der Waals surface area contributed by atoms with E-state index in [1.54, 1.807) is 19.1 Å². The third-order valence-electron chi connectivity index (χ3n) is 6.45. The van der Waals surface area contributed by atoms with Gasteiger partial charge >= 0.3 is 0 Å². The Bertz CT molecular complexity index is 1410. The van der Waals surface area contributed by atoms with Gasteiger partial charge in [-0.05, 0) is 30.7 Å². The second-order valence-corrected chi connectivity index (χ2v) is 11.1. The molecule has 36 heavy (non-hydrogen) atoms. The Morgan fingerprint density at radius 2 is 1.89 bits per heavy atom. The minimum Gasteiger partial charge on any atom is -0.474 e. The maximum Gasteiger partial charge on any atom is 0.221 e. The molecule has 3 heterocycles. The molecule has 8 nitrogen and oxygen atoms in total. The van der Waals surface area contributed by atoms with Crippen LogP contribution in [0.5, 0.6) is 5.88 Å². The molecule has 0 amide bonds. The maximum absolute atomic E-state index is 14.6. The molecule has 2 unspecified atom stereocenters. The summed E-state index contributed by atoms with van der Waals surface area (Å²) in [5.74, 6) is -0.0390. The van der Waals surface area contributed by atoms with Crippen molar-refractivity contribution < 1.29 is 25.0 Å². The minimum absolute atomic E-state index is 0.0771. The lowest BCUT2D eigenvalue weighted by molar-refractivity contribution is -0.104. The van der Waals surface area contributed by atoms with Gasteiger partial charge in [0.05, 0.1) is 29.4 Å². The van der Waals surface area contributed by atoms with Gasteiger partial charge in [0.15, 0.2) is 9.84 Å². The smallest absolute Gasteiger partial charge is 0.221 e. The third-order valence-corrected chi connectivity index (χ3v) is 7.56. The predicted molar refractivity (Wildman–Crippen MR) is 134 cm³/mol. The number of sulfone groups is 1. The predicted octanol–water partition coefficient (Wildman–Crippen LogP) is 3.88. The van der Waals surface area contributed by atoms with Crippen LogP contribution in [0.2, 0.25) is 0 Å². The highest BCUT2D eigenvalue weighted by Gasteiger charge is 2.40. The standard InChI is InChI=1S/C26H29FN4O4S/c1-17-25(30-24-9-8-22(12-23(24)27)36(2,32)33)28-16-29-26(17)35-21-10-19-14-34-15-20(11-21)31(19)13-18-6-4-3-5-7-18/h3-9,12,16,19-21H,10-11,13-15H2,1-2H3,(H,28,29,30)/i13D2. The molecule has 1 N–H and O–H groups in total. The summed E-state index contributed by atoms with van der Waals surface area (Å²) >= 11 is 0. The molecule has 2 aliphatic heterocycles. The zero-order valence-electron chi connectivity index (χ0n) is 22.0. The first-order valence-electron chi connectivity index (χ1n) is 12.7. The zero-order chi connectivity index (χ0) is 27.1. The number of anilines is 2. The Kier molecular flexibility index (Phi) is 6.22. The number of benzene rings is 2. The van der Waals surface area contributed by atoms with Crippen LogP contribution < -0.4 is 10.1 Å². The first-order valence-corrected chi connectivity index (χ1v) is 13.6. The summed E-state index contributed by atoms with van der Waals surface area (Å²) < 4.78 is 67.9. The molecular formula is C26H29FN4O4S. The van der Waals surface area contributed by atoms with Gasteiger partial charge < -0.3 is 14.8 Å². The molecule has 190 valence electrons. The highest BCUT2D eigenvalue weighted by molar-refractivity contribution is 7.90. The molecule has 2 atom stereocenters. The van der Waals surface area contributed by atoms with Crippen LogP contribution in [-0.2, 0) is 21.1 Å². The lowest BCUT2D eigenvalue weighted by atomic mass is 9.91. The van der Waals surface area contributed by atoms with Crippen molar-refractivity contribution in [2.75, 3.05) is 24.8 Å². The van der Waals surface area contributed by atoms with E-state index in [2.05, 4.69) is 15.3 Å². The summed E-state index contributed by atoms with van der Waals surface area (Å²) in [5, 5.41) is 2.90. The Labute approximate surface area is 213 Å². The number of rotatable bonds is 7. The van der Waals surface area contributed by atoms with Crippen molar-refractivity contribution in [3.05, 3.63) is 71.8 Å². The fourth-order valence-corrected chi connectivity index (χ4v) is 5.23. The molecule has 5 rings (SSSR count). The van der Waals surface area contributed by atoms with Crippen LogP contribution in [0.25, 0.3) is 0 Å². The number of nitrogens with one attached hydrogen (secondary N) is 1. The van der Waals surface area contributed by atoms with Gasteiger partial charge in [0.2, 0.25) is 5.88 Å². The number of ether oxygens (including phenoxy) is 2. The van der Waals surface area contributed by atoms with Crippen LogP contribution in [0.15, 0.2) is 59.8 Å². The molecule has 2 bridgehead atoms. The lowest BCUT2D eigenvalue weighted by Gasteiger charge is -2.48. The monoisotopic (exact) mass is 514 g/mol. The number of fused-ring (bicyclic) bond motifs is 2. The molecule has 0 spiro atoms. The molecule has 2 aromatic carbocycles. The molecule has 2 aliphatic rings. The molecule has 0 saturated carbocycles. The van der Waals surface area contributed by atoms with Crippen LogP contribution in [0.4, 0.5) is 15.9 Å². The topological polar surface area (TPSA) is 93.7 Å². The van der Waals surface area contributed by atoms with Crippen LogP contribution in [-0.4, -0.2) is 60.9 Å². The van der Waals surface area contributed by atoms with Gasteiger partial charge in [-0.3, -0.25) is 4.90 Å². The van der Waals surface area contributed by atoms with Crippen LogP contribution in [0, 0.1) is 12.7 Å². The molecule has 10 heteroatoms. The van der Waals surface area contributed by atoms with E-state index < -0.39 is 22.2 Å². The highest BCUT2D eigenvalue weighted by atomic mass is 32.2. The van der Waals surface area contributed by atoms with Gasteiger partial charge in [-0.25, -0.2) is 22.8 Å². The molecule has 0 radical (unpaired) electrons. The summed E-state index contributed by atoms with van der Waals surface area (Å²) in [6.45, 7) is 0.916. The number of nitrogens with zero attached hydrogens (tertiary/aromatic N) is 3. The molecular weight excluding hydrogens is 483 g/mol. The number of aromatic nitrogens is 2. The van der Waals surface area contributed by atoms with E-state index >= 15 is 0 Å². The number of hydrogen-bond donors (Lipinski definition) is 1. The van der Waals surface area contributed by atoms with E-state index in [-0.39, 0.29) is 28.8 Å². The number of halogens is 1. The average Bonchev–Trinajstić information content (AvgIpc) is 2.87. The summed E-state index contributed by atoms with van der Waals surface area (Å²) in [7, 11) is -3.53. The van der Waals surface area contributed by atoms with Crippen LogP contribution in [0.1, 0.15) is 26.7 Å². The quantitative estimate of drug-likeness (QED) is 0.508. The second kappa shape index (κ2) is 10.1. The number of hydrogen-bond acceptors (Lipinski definition) is 8. The van der Waals surface area contributed by atoms with Crippen molar-refractivity contribution in [2.24, 2.45) is 0 Å². The molecule has 3 aromatic rings. The van der Waals surface area contributed by atoms with Gasteiger partial charge in [0.25, 0.3) is 0 Å². The Balaban J connectivity index is 1.32. The van der Waals surface area contributed by atoms with Gasteiger partial charge in [-0.2, -0.15) is 0 Å². The SMILES string of the molecule is [2H]C([2H])(c1ccccc1)N1C2COCC1CC(Oc1ncnc(Nc3ccc(S(C)(=O)=O)cc3F)c1C)C2. The van der Waals surface area contributed by atoms with Gasteiger partial charge in [0.1, 0.15) is 24.1 Å².